The largest absolute Gasteiger partial charge is 0.394 e. The number of ether oxygens (including phenoxy) is 1. The smallest absolute Gasteiger partial charge is 0.214 e. The van der Waals surface area contributed by atoms with E-state index < -0.39 is 9.04 Å². The fourth-order valence-electron chi connectivity index (χ4n) is 0.648. The molecule has 0 aromatic rings. The summed E-state index contributed by atoms with van der Waals surface area (Å²) in [6, 6.07) is 0. The Labute approximate surface area is 71.6 Å². The van der Waals surface area contributed by atoms with Gasteiger partial charge in [0.05, 0.1) is 0 Å². The minimum atomic E-state index is -0.616. The molecule has 0 N–H and O–H groups in total. The fraction of sp³-hybridized carbons (Fsp3) is 1.00. The average Bonchev–Trinajstić information content (AvgIpc) is 2.03. The van der Waals surface area contributed by atoms with Gasteiger partial charge in [0.25, 0.3) is 0 Å². The molecule has 1 unspecified atom stereocenters. The highest BCUT2D eigenvalue weighted by molar-refractivity contribution is 6.51. The van der Waals surface area contributed by atoms with Crippen LogP contribution in [0.3, 0.4) is 0 Å². The standard InChI is InChI=1S/C8H19O2Si/c1-5-8(3)11(4)10-7-9-6-2/h8H,5-7H2,1-4H3. The highest BCUT2D eigenvalue weighted by Gasteiger charge is 2.13. The van der Waals surface area contributed by atoms with Crippen LogP contribution in [-0.4, -0.2) is 22.4 Å². The third-order valence-electron chi connectivity index (χ3n) is 1.88. The maximum atomic E-state index is 5.51. The van der Waals surface area contributed by atoms with E-state index in [1.54, 1.807) is 0 Å². The molecule has 0 aromatic carbocycles. The van der Waals surface area contributed by atoms with Crippen molar-refractivity contribution >= 4 is 9.04 Å². The van der Waals surface area contributed by atoms with Crippen molar-refractivity contribution < 1.29 is 9.16 Å². The van der Waals surface area contributed by atoms with Crippen LogP contribution in [0.15, 0.2) is 0 Å². The van der Waals surface area contributed by atoms with E-state index in [1.807, 2.05) is 6.92 Å². The van der Waals surface area contributed by atoms with Gasteiger partial charge in [0.15, 0.2) is 0 Å². The molecule has 0 aromatic heterocycles. The average molecular weight is 175 g/mol. The molecule has 1 atom stereocenters. The summed E-state index contributed by atoms with van der Waals surface area (Å²) in [7, 11) is -0.616. The minimum absolute atomic E-state index is 0.478. The van der Waals surface area contributed by atoms with Gasteiger partial charge in [-0.25, -0.2) is 0 Å². The van der Waals surface area contributed by atoms with Gasteiger partial charge >= 0.3 is 0 Å². The summed E-state index contributed by atoms with van der Waals surface area (Å²) in [5.74, 6) is 0. The second-order valence-electron chi connectivity index (χ2n) is 2.67. The predicted molar refractivity (Wildman–Crippen MR) is 48.9 cm³/mol. The molecule has 2 nitrogen and oxygen atoms in total. The van der Waals surface area contributed by atoms with Gasteiger partial charge in [-0.15, -0.1) is 0 Å². The van der Waals surface area contributed by atoms with Crippen molar-refractivity contribution in [2.24, 2.45) is 0 Å². The highest BCUT2D eigenvalue weighted by atomic mass is 28.3. The number of hydrogen-bond acceptors (Lipinski definition) is 2. The van der Waals surface area contributed by atoms with Gasteiger partial charge in [0.2, 0.25) is 9.04 Å². The van der Waals surface area contributed by atoms with E-state index in [1.165, 1.54) is 6.42 Å². The van der Waals surface area contributed by atoms with Crippen molar-refractivity contribution in [1.29, 1.82) is 0 Å². The molecule has 0 amide bonds. The Hall–Kier alpha value is 0.137. The Bertz CT molecular complexity index is 88.2. The second-order valence-corrected chi connectivity index (χ2v) is 5.17. The van der Waals surface area contributed by atoms with E-state index in [0.717, 1.165) is 12.1 Å². The molecule has 3 heteroatoms. The van der Waals surface area contributed by atoms with Crippen LogP contribution in [0.2, 0.25) is 12.1 Å². The Morgan fingerprint density at radius 3 is 2.45 bits per heavy atom. The lowest BCUT2D eigenvalue weighted by Gasteiger charge is -2.15. The molecule has 1 radical (unpaired) electrons. The highest BCUT2D eigenvalue weighted by Crippen LogP contribution is 2.13. The molecular weight excluding hydrogens is 156 g/mol. The third-order valence-corrected chi connectivity index (χ3v) is 4.25. The Morgan fingerprint density at radius 2 is 2.00 bits per heavy atom. The summed E-state index contributed by atoms with van der Waals surface area (Å²) < 4.78 is 10.6. The van der Waals surface area contributed by atoms with Crippen LogP contribution >= 0.6 is 0 Å². The molecule has 0 spiro atoms. The monoisotopic (exact) mass is 175 g/mol. The lowest BCUT2D eigenvalue weighted by molar-refractivity contribution is 0.0196. The number of rotatable bonds is 6. The van der Waals surface area contributed by atoms with Gasteiger partial charge in [-0.2, -0.15) is 0 Å². The van der Waals surface area contributed by atoms with Crippen LogP contribution in [-0.2, 0) is 9.16 Å². The van der Waals surface area contributed by atoms with Gasteiger partial charge in [0, 0.05) is 6.61 Å². The first-order valence-corrected chi connectivity index (χ1v) is 6.24. The zero-order chi connectivity index (χ0) is 8.69. The third kappa shape index (κ3) is 5.41. The molecular formula is C8H19O2Si. The Morgan fingerprint density at radius 1 is 1.36 bits per heavy atom. The Kier molecular flexibility index (Phi) is 6.91. The topological polar surface area (TPSA) is 18.5 Å². The SMILES string of the molecule is CCOCO[Si](C)C(C)CC. The van der Waals surface area contributed by atoms with E-state index in [0.29, 0.717) is 6.79 Å². The maximum absolute atomic E-state index is 5.51. The van der Waals surface area contributed by atoms with Gasteiger partial charge in [0.1, 0.15) is 6.79 Å². The lowest BCUT2D eigenvalue weighted by atomic mass is 10.4. The van der Waals surface area contributed by atoms with Crippen molar-refractivity contribution in [2.45, 2.75) is 39.3 Å². The molecule has 0 aliphatic rings. The molecule has 0 bridgehead atoms. The van der Waals surface area contributed by atoms with Crippen LogP contribution in [0.4, 0.5) is 0 Å². The molecule has 67 valence electrons. The summed E-state index contributed by atoms with van der Waals surface area (Å²) in [6.45, 7) is 9.83. The minimum Gasteiger partial charge on any atom is -0.394 e. The summed E-state index contributed by atoms with van der Waals surface area (Å²) >= 11 is 0. The molecule has 0 aliphatic carbocycles. The summed E-state index contributed by atoms with van der Waals surface area (Å²) in [4.78, 5) is 0. The molecule has 0 rings (SSSR count). The summed E-state index contributed by atoms with van der Waals surface area (Å²) in [6.07, 6.45) is 1.21. The zero-order valence-corrected chi connectivity index (χ0v) is 9.02. The molecule has 0 heterocycles. The van der Waals surface area contributed by atoms with Crippen LogP contribution in [0.25, 0.3) is 0 Å². The molecule has 0 saturated heterocycles. The van der Waals surface area contributed by atoms with E-state index in [-0.39, 0.29) is 0 Å². The molecule has 0 fully saturated rings. The zero-order valence-electron chi connectivity index (χ0n) is 8.02. The van der Waals surface area contributed by atoms with Crippen molar-refractivity contribution in [1.82, 2.24) is 0 Å². The van der Waals surface area contributed by atoms with Crippen molar-refractivity contribution in [3.05, 3.63) is 0 Å². The first-order valence-electron chi connectivity index (χ1n) is 4.26. The van der Waals surface area contributed by atoms with Crippen molar-refractivity contribution in [2.75, 3.05) is 13.4 Å². The van der Waals surface area contributed by atoms with Gasteiger partial charge in [-0.1, -0.05) is 20.3 Å². The van der Waals surface area contributed by atoms with Gasteiger partial charge in [-0.05, 0) is 19.0 Å². The quantitative estimate of drug-likeness (QED) is 0.351. The second kappa shape index (κ2) is 6.82. The van der Waals surface area contributed by atoms with Gasteiger partial charge in [-0.3, -0.25) is 0 Å². The van der Waals surface area contributed by atoms with E-state index >= 15 is 0 Å². The van der Waals surface area contributed by atoms with E-state index in [2.05, 4.69) is 20.4 Å². The fourth-order valence-corrected chi connectivity index (χ4v) is 1.78. The first kappa shape index (κ1) is 11.1. The molecule has 0 saturated carbocycles. The van der Waals surface area contributed by atoms with Gasteiger partial charge < -0.3 is 9.16 Å². The number of hydrogen-bond donors (Lipinski definition) is 0. The molecule has 11 heavy (non-hydrogen) atoms. The van der Waals surface area contributed by atoms with E-state index in [4.69, 9.17) is 9.16 Å². The normalized spacial score (nSPS) is 13.9. The lowest BCUT2D eigenvalue weighted by Crippen LogP contribution is -2.20. The summed E-state index contributed by atoms with van der Waals surface area (Å²) in [5.41, 5.74) is 0.723. The van der Waals surface area contributed by atoms with Crippen molar-refractivity contribution in [3.63, 3.8) is 0 Å². The van der Waals surface area contributed by atoms with Crippen LogP contribution in [0, 0.1) is 0 Å². The predicted octanol–water partition coefficient (Wildman–Crippen LogP) is 2.42. The maximum Gasteiger partial charge on any atom is 0.214 e. The van der Waals surface area contributed by atoms with Crippen LogP contribution < -0.4 is 0 Å². The van der Waals surface area contributed by atoms with Crippen molar-refractivity contribution in [3.8, 4) is 0 Å². The Balaban J connectivity index is 3.28. The van der Waals surface area contributed by atoms with Crippen LogP contribution in [0.1, 0.15) is 27.2 Å². The first-order chi connectivity index (χ1) is 5.22. The van der Waals surface area contributed by atoms with E-state index in [9.17, 15) is 0 Å². The summed E-state index contributed by atoms with van der Waals surface area (Å²) in [5, 5.41) is 0. The molecule has 0 aliphatic heterocycles. The van der Waals surface area contributed by atoms with Crippen LogP contribution in [0.5, 0.6) is 0 Å².